The zero-order chi connectivity index (χ0) is 19.1. The van der Waals surface area contributed by atoms with E-state index in [-0.39, 0.29) is 16.7 Å². The van der Waals surface area contributed by atoms with E-state index in [1.165, 1.54) is 0 Å². The van der Waals surface area contributed by atoms with Crippen molar-refractivity contribution in [1.82, 2.24) is 10.1 Å². The molecule has 8 nitrogen and oxygen atoms in total. The van der Waals surface area contributed by atoms with Gasteiger partial charge in [0.25, 0.3) is 10.0 Å². The van der Waals surface area contributed by atoms with Crippen LogP contribution in [0.4, 0.5) is 5.69 Å². The first-order chi connectivity index (χ1) is 12.2. The Morgan fingerprint density at radius 1 is 1.31 bits per heavy atom. The summed E-state index contributed by atoms with van der Waals surface area (Å²) in [5.74, 6) is 1.41. The van der Waals surface area contributed by atoms with Crippen molar-refractivity contribution in [2.24, 2.45) is 0 Å². The Balaban J connectivity index is 2.01. The van der Waals surface area contributed by atoms with Gasteiger partial charge in [-0.2, -0.15) is 0 Å². The summed E-state index contributed by atoms with van der Waals surface area (Å²) in [6, 6.07) is 3.57. The second-order valence-corrected chi connectivity index (χ2v) is 8.13. The predicted octanol–water partition coefficient (Wildman–Crippen LogP) is 1.97. The van der Waals surface area contributed by atoms with Gasteiger partial charge < -0.3 is 18.9 Å². The van der Waals surface area contributed by atoms with Crippen LogP contribution in [0.2, 0.25) is 0 Å². The summed E-state index contributed by atoms with van der Waals surface area (Å²) in [5, 5.41) is 3.72. The highest BCUT2D eigenvalue weighted by Gasteiger charge is 2.30. The van der Waals surface area contributed by atoms with Gasteiger partial charge in [-0.05, 0) is 46.5 Å². The number of hydrogen-bond acceptors (Lipinski definition) is 7. The van der Waals surface area contributed by atoms with Gasteiger partial charge in [0.05, 0.1) is 12.8 Å². The molecule has 9 heteroatoms. The molecule has 1 aromatic carbocycles. The number of benzene rings is 1. The molecule has 2 heterocycles. The maximum absolute atomic E-state index is 12.8. The van der Waals surface area contributed by atoms with Crippen molar-refractivity contribution in [3.63, 3.8) is 0 Å². The zero-order valence-corrected chi connectivity index (χ0v) is 16.3. The lowest BCUT2D eigenvalue weighted by atomic mass is 10.00. The van der Waals surface area contributed by atoms with Crippen LogP contribution < -0.4 is 14.2 Å². The second kappa shape index (κ2) is 6.81. The average Bonchev–Trinajstić information content (AvgIpc) is 2.93. The van der Waals surface area contributed by atoms with Gasteiger partial charge in [-0.15, -0.1) is 0 Å². The third-order valence-corrected chi connectivity index (χ3v) is 6.12. The number of likely N-dealkylation sites (N-methyl/N-ethyl adjacent to an activating group) is 1. The molecular weight excluding hydrogens is 358 g/mol. The normalized spacial score (nSPS) is 16.9. The number of nitrogens with zero attached hydrogens (tertiary/aromatic N) is 2. The van der Waals surface area contributed by atoms with Crippen molar-refractivity contribution in [3.05, 3.63) is 29.2 Å². The predicted molar refractivity (Wildman–Crippen MR) is 96.5 cm³/mol. The first kappa shape index (κ1) is 18.5. The van der Waals surface area contributed by atoms with Gasteiger partial charge in [-0.25, -0.2) is 8.42 Å². The molecule has 0 spiro atoms. The number of nitrogens with one attached hydrogen (secondary N) is 1. The second-order valence-electron chi connectivity index (χ2n) is 6.51. The third-order valence-electron chi connectivity index (χ3n) is 4.51. The minimum absolute atomic E-state index is 0.0454. The number of methoxy groups -OCH3 is 1. The molecule has 1 aromatic heterocycles. The molecule has 1 N–H and O–H groups in total. The van der Waals surface area contributed by atoms with E-state index < -0.39 is 10.0 Å². The molecular formula is C17H23N3O5S. The van der Waals surface area contributed by atoms with Gasteiger partial charge in [-0.1, -0.05) is 5.16 Å². The third kappa shape index (κ3) is 3.24. The molecule has 26 heavy (non-hydrogen) atoms. The highest BCUT2D eigenvalue weighted by molar-refractivity contribution is 7.92. The molecule has 0 unspecified atom stereocenters. The van der Waals surface area contributed by atoms with E-state index >= 15 is 0 Å². The van der Waals surface area contributed by atoms with Crippen LogP contribution >= 0.6 is 0 Å². The van der Waals surface area contributed by atoms with E-state index in [1.807, 2.05) is 14.1 Å². The first-order valence-electron chi connectivity index (χ1n) is 8.19. The summed E-state index contributed by atoms with van der Waals surface area (Å²) in [6.45, 7) is 3.62. The highest BCUT2D eigenvalue weighted by Crippen LogP contribution is 2.40. The number of anilines is 1. The topological polar surface area (TPSA) is 93.9 Å². The molecule has 0 saturated carbocycles. The summed E-state index contributed by atoms with van der Waals surface area (Å²) < 4.78 is 44.6. The molecule has 0 radical (unpaired) electrons. The molecule has 0 bridgehead atoms. The number of sulfonamides is 1. The fourth-order valence-electron chi connectivity index (χ4n) is 3.10. The smallest absolute Gasteiger partial charge is 0.267 e. The number of aryl methyl sites for hydroxylation is 2. The summed E-state index contributed by atoms with van der Waals surface area (Å²) in [5.41, 5.74) is 1.53. The molecule has 2 aromatic rings. The van der Waals surface area contributed by atoms with Crippen molar-refractivity contribution in [1.29, 1.82) is 0 Å². The van der Waals surface area contributed by atoms with Crippen molar-refractivity contribution >= 4 is 15.7 Å². The Kier molecular flexibility index (Phi) is 4.85. The number of aromatic nitrogens is 1. The van der Waals surface area contributed by atoms with Crippen molar-refractivity contribution in [3.8, 4) is 11.5 Å². The summed E-state index contributed by atoms with van der Waals surface area (Å²) in [4.78, 5) is 2.12. The van der Waals surface area contributed by atoms with E-state index in [4.69, 9.17) is 14.0 Å². The number of rotatable bonds is 5. The van der Waals surface area contributed by atoms with E-state index in [9.17, 15) is 8.42 Å². The fourth-order valence-corrected chi connectivity index (χ4v) is 4.49. The van der Waals surface area contributed by atoms with Crippen LogP contribution in [0, 0.1) is 13.8 Å². The number of ether oxygens (including phenoxy) is 2. The number of hydrogen-bond donors (Lipinski definition) is 1. The lowest BCUT2D eigenvalue weighted by Gasteiger charge is -2.32. The largest absolute Gasteiger partial charge is 0.496 e. The van der Waals surface area contributed by atoms with Crippen molar-refractivity contribution < 1.29 is 22.4 Å². The van der Waals surface area contributed by atoms with Crippen molar-refractivity contribution in [2.75, 3.05) is 32.5 Å². The van der Waals surface area contributed by atoms with Gasteiger partial charge in [0.1, 0.15) is 23.8 Å². The van der Waals surface area contributed by atoms with Gasteiger partial charge in [0, 0.05) is 11.6 Å². The lowest BCUT2D eigenvalue weighted by Crippen LogP contribution is -2.38. The Morgan fingerprint density at radius 2 is 2.04 bits per heavy atom. The fraction of sp³-hybridized carbons (Fsp3) is 0.471. The molecule has 0 aliphatic carbocycles. The van der Waals surface area contributed by atoms with Gasteiger partial charge in [0.15, 0.2) is 10.7 Å². The summed E-state index contributed by atoms with van der Waals surface area (Å²) >= 11 is 0. The van der Waals surface area contributed by atoms with E-state index in [0.717, 1.165) is 5.56 Å². The highest BCUT2D eigenvalue weighted by atomic mass is 32.2. The average molecular weight is 381 g/mol. The summed E-state index contributed by atoms with van der Waals surface area (Å²) in [7, 11) is 1.70. The minimum Gasteiger partial charge on any atom is -0.496 e. The summed E-state index contributed by atoms with van der Waals surface area (Å²) in [6.07, 6.45) is 0.701. The molecule has 1 atom stereocenters. The first-order valence-corrected chi connectivity index (χ1v) is 9.67. The Labute approximate surface area is 153 Å². The minimum atomic E-state index is -3.85. The maximum atomic E-state index is 12.8. The zero-order valence-electron chi connectivity index (χ0n) is 15.5. The molecule has 1 aliphatic rings. The molecule has 0 saturated heterocycles. The molecule has 142 valence electrons. The van der Waals surface area contributed by atoms with E-state index in [1.54, 1.807) is 33.1 Å². The monoisotopic (exact) mass is 381 g/mol. The van der Waals surface area contributed by atoms with Crippen molar-refractivity contribution in [2.45, 2.75) is 31.2 Å². The molecule has 1 aliphatic heterocycles. The Bertz CT molecular complexity index is 901. The van der Waals surface area contributed by atoms with Crippen LogP contribution in [0.3, 0.4) is 0 Å². The lowest BCUT2D eigenvalue weighted by molar-refractivity contribution is 0.164. The number of fused-ring (bicyclic) bond motifs is 1. The van der Waals surface area contributed by atoms with E-state index in [2.05, 4.69) is 14.8 Å². The van der Waals surface area contributed by atoms with Crippen LogP contribution in [0.5, 0.6) is 11.5 Å². The molecule has 0 fully saturated rings. The quantitative estimate of drug-likeness (QED) is 0.846. The van der Waals surface area contributed by atoms with Gasteiger partial charge >= 0.3 is 0 Å². The van der Waals surface area contributed by atoms with Crippen LogP contribution in [0.15, 0.2) is 21.6 Å². The van der Waals surface area contributed by atoms with Gasteiger partial charge in [-0.3, -0.25) is 4.72 Å². The Hall–Kier alpha value is -2.26. The van der Waals surface area contributed by atoms with Gasteiger partial charge in [0.2, 0.25) is 0 Å². The standard InChI is InChI=1S/C17H23N3O5S/c1-10-17(11(2)25-18-10)26(21,22)19-14-6-7-15(23-5)13-8-12(20(3)4)9-24-16(13)14/h6-7,12,19H,8-9H2,1-5H3/t12-/m1/s1. The van der Waals surface area contributed by atoms with Crippen LogP contribution in [0.1, 0.15) is 17.0 Å². The molecule has 3 rings (SSSR count). The van der Waals surface area contributed by atoms with Crippen LogP contribution in [-0.2, 0) is 16.4 Å². The van der Waals surface area contributed by atoms with E-state index in [0.29, 0.717) is 35.9 Å². The SMILES string of the molecule is COc1ccc(NS(=O)(=O)c2c(C)noc2C)c2c1C[C@@H](N(C)C)CO2. The Morgan fingerprint density at radius 3 is 2.62 bits per heavy atom. The van der Waals surface area contributed by atoms with Crippen LogP contribution in [0.25, 0.3) is 0 Å². The maximum Gasteiger partial charge on any atom is 0.267 e. The molecule has 0 amide bonds. The van der Waals surface area contributed by atoms with Crippen LogP contribution in [-0.4, -0.2) is 52.3 Å².